The van der Waals surface area contributed by atoms with E-state index in [1.807, 2.05) is 6.07 Å². The van der Waals surface area contributed by atoms with Gasteiger partial charge >= 0.3 is 0 Å². The van der Waals surface area contributed by atoms with Crippen molar-refractivity contribution in [2.75, 3.05) is 0 Å². The van der Waals surface area contributed by atoms with Crippen LogP contribution in [0.3, 0.4) is 0 Å². The average Bonchev–Trinajstić information content (AvgIpc) is 2.33. The summed E-state index contributed by atoms with van der Waals surface area (Å²) in [6.45, 7) is 0. The molecule has 0 aromatic heterocycles. The summed E-state index contributed by atoms with van der Waals surface area (Å²) in [5.41, 5.74) is 3.86. The number of fused-ring (bicyclic) bond motifs is 1. The fourth-order valence-corrected chi connectivity index (χ4v) is 1.59. The monoisotopic (exact) mass is 128 g/mol. The Labute approximate surface area is 62.7 Å². The first-order valence-corrected chi connectivity index (χ1v) is 3.73. The summed E-state index contributed by atoms with van der Waals surface area (Å²) < 4.78 is 0. The summed E-state index contributed by atoms with van der Waals surface area (Å²) >= 11 is 0. The van der Waals surface area contributed by atoms with Gasteiger partial charge in [-0.3, -0.25) is 0 Å². The standard InChI is InChI=1S/C9H9B/c10-9-5-4-7-2-1-3-8(7)6-9/h4-6H,1-3H2. The second kappa shape index (κ2) is 2.15. The minimum atomic E-state index is 0.903. The summed E-state index contributed by atoms with van der Waals surface area (Å²) in [6.07, 6.45) is 3.77. The van der Waals surface area contributed by atoms with Crippen LogP contribution in [-0.2, 0) is 12.8 Å². The third-order valence-corrected chi connectivity index (χ3v) is 2.12. The maximum atomic E-state index is 5.63. The van der Waals surface area contributed by atoms with Gasteiger partial charge in [0.15, 0.2) is 0 Å². The molecule has 2 rings (SSSR count). The zero-order valence-corrected chi connectivity index (χ0v) is 5.93. The summed E-state index contributed by atoms with van der Waals surface area (Å²) in [4.78, 5) is 0. The molecule has 0 heterocycles. The second-order valence-corrected chi connectivity index (χ2v) is 2.88. The Morgan fingerprint density at radius 2 is 1.90 bits per heavy atom. The first-order valence-electron chi connectivity index (χ1n) is 3.73. The molecule has 48 valence electrons. The summed E-state index contributed by atoms with van der Waals surface area (Å²) in [7, 11) is 5.63. The Morgan fingerprint density at radius 3 is 2.80 bits per heavy atom. The Morgan fingerprint density at radius 1 is 1.10 bits per heavy atom. The molecular weight excluding hydrogens is 119 g/mol. The molecule has 0 fully saturated rings. The largest absolute Gasteiger partial charge is 0.113 e. The Hall–Kier alpha value is -0.715. The molecule has 10 heavy (non-hydrogen) atoms. The zero-order chi connectivity index (χ0) is 6.97. The van der Waals surface area contributed by atoms with Gasteiger partial charge in [0.25, 0.3) is 0 Å². The van der Waals surface area contributed by atoms with Gasteiger partial charge in [0.2, 0.25) is 0 Å². The maximum absolute atomic E-state index is 5.63. The molecule has 2 radical (unpaired) electrons. The van der Waals surface area contributed by atoms with Crippen LogP contribution in [0.1, 0.15) is 17.5 Å². The number of hydrogen-bond donors (Lipinski definition) is 0. The van der Waals surface area contributed by atoms with Gasteiger partial charge in [-0.15, -0.1) is 0 Å². The van der Waals surface area contributed by atoms with Gasteiger partial charge in [-0.1, -0.05) is 23.7 Å². The van der Waals surface area contributed by atoms with Crippen molar-refractivity contribution in [3.05, 3.63) is 29.3 Å². The third kappa shape index (κ3) is 0.861. The molecule has 1 aromatic carbocycles. The first-order chi connectivity index (χ1) is 4.86. The fourth-order valence-electron chi connectivity index (χ4n) is 1.59. The van der Waals surface area contributed by atoms with E-state index in [2.05, 4.69) is 12.1 Å². The van der Waals surface area contributed by atoms with Gasteiger partial charge < -0.3 is 0 Å². The van der Waals surface area contributed by atoms with Crippen molar-refractivity contribution in [2.24, 2.45) is 0 Å². The minimum absolute atomic E-state index is 0.903. The van der Waals surface area contributed by atoms with Gasteiger partial charge in [-0.25, -0.2) is 0 Å². The van der Waals surface area contributed by atoms with Gasteiger partial charge in [0, 0.05) is 0 Å². The first kappa shape index (κ1) is 6.02. The van der Waals surface area contributed by atoms with E-state index >= 15 is 0 Å². The second-order valence-electron chi connectivity index (χ2n) is 2.88. The molecule has 0 saturated carbocycles. The van der Waals surface area contributed by atoms with Gasteiger partial charge in [-0.2, -0.15) is 0 Å². The van der Waals surface area contributed by atoms with Crippen LogP contribution >= 0.6 is 0 Å². The highest BCUT2D eigenvalue weighted by molar-refractivity contribution is 6.32. The third-order valence-electron chi connectivity index (χ3n) is 2.12. The molecule has 0 atom stereocenters. The predicted octanol–water partition coefficient (Wildman–Crippen LogP) is 0.969. The molecular formula is C9H9B. The van der Waals surface area contributed by atoms with E-state index in [4.69, 9.17) is 7.85 Å². The number of hydrogen-bond acceptors (Lipinski definition) is 0. The van der Waals surface area contributed by atoms with Crippen molar-refractivity contribution >= 4 is 13.3 Å². The number of rotatable bonds is 0. The molecule has 1 aliphatic carbocycles. The van der Waals surface area contributed by atoms with E-state index in [0.29, 0.717) is 0 Å². The molecule has 1 heteroatoms. The minimum Gasteiger partial charge on any atom is -0.0964 e. The average molecular weight is 128 g/mol. The Bertz CT molecular complexity index is 253. The van der Waals surface area contributed by atoms with Gasteiger partial charge in [0.1, 0.15) is 7.85 Å². The molecule has 0 saturated heterocycles. The number of aryl methyl sites for hydroxylation is 2. The Kier molecular flexibility index (Phi) is 1.30. The van der Waals surface area contributed by atoms with E-state index in [-0.39, 0.29) is 0 Å². The van der Waals surface area contributed by atoms with Crippen molar-refractivity contribution in [1.82, 2.24) is 0 Å². The molecule has 0 spiro atoms. The highest BCUT2D eigenvalue weighted by atomic mass is 14.1. The van der Waals surface area contributed by atoms with Crippen molar-refractivity contribution in [1.29, 1.82) is 0 Å². The van der Waals surface area contributed by atoms with Crippen LogP contribution in [0.4, 0.5) is 0 Å². The smallest absolute Gasteiger partial charge is 0.0964 e. The predicted molar refractivity (Wildman–Crippen MR) is 43.9 cm³/mol. The van der Waals surface area contributed by atoms with Crippen LogP contribution in [0.25, 0.3) is 0 Å². The van der Waals surface area contributed by atoms with Crippen molar-refractivity contribution in [3.63, 3.8) is 0 Å². The van der Waals surface area contributed by atoms with Crippen LogP contribution in [0, 0.1) is 0 Å². The lowest BCUT2D eigenvalue weighted by Gasteiger charge is -1.98. The van der Waals surface area contributed by atoms with Crippen molar-refractivity contribution in [3.8, 4) is 0 Å². The molecule has 0 bridgehead atoms. The van der Waals surface area contributed by atoms with Crippen LogP contribution in [0.15, 0.2) is 18.2 Å². The highest BCUT2D eigenvalue weighted by Gasteiger charge is 2.08. The summed E-state index contributed by atoms with van der Waals surface area (Å²) in [6, 6.07) is 6.24. The maximum Gasteiger partial charge on any atom is 0.113 e. The molecule has 1 aliphatic rings. The Balaban J connectivity index is 2.52. The van der Waals surface area contributed by atoms with Crippen molar-refractivity contribution in [2.45, 2.75) is 19.3 Å². The lowest BCUT2D eigenvalue weighted by molar-refractivity contribution is 0.912. The highest BCUT2D eigenvalue weighted by Crippen LogP contribution is 2.19. The fraction of sp³-hybridized carbons (Fsp3) is 0.333. The molecule has 0 unspecified atom stereocenters. The van der Waals surface area contributed by atoms with E-state index in [1.165, 1.54) is 30.4 Å². The molecule has 0 N–H and O–H groups in total. The summed E-state index contributed by atoms with van der Waals surface area (Å²) in [5, 5.41) is 0. The molecule has 1 aromatic rings. The molecule has 0 aliphatic heterocycles. The topological polar surface area (TPSA) is 0 Å². The van der Waals surface area contributed by atoms with Crippen LogP contribution in [0.5, 0.6) is 0 Å². The van der Waals surface area contributed by atoms with Gasteiger partial charge in [0.05, 0.1) is 0 Å². The van der Waals surface area contributed by atoms with E-state index in [1.54, 1.807) is 0 Å². The normalized spacial score (nSPS) is 15.2. The zero-order valence-electron chi connectivity index (χ0n) is 5.93. The van der Waals surface area contributed by atoms with Gasteiger partial charge in [-0.05, 0) is 30.4 Å². The van der Waals surface area contributed by atoms with E-state index < -0.39 is 0 Å². The lowest BCUT2D eigenvalue weighted by Crippen LogP contribution is -2.02. The van der Waals surface area contributed by atoms with Crippen LogP contribution < -0.4 is 5.46 Å². The molecule has 0 amide bonds. The summed E-state index contributed by atoms with van der Waals surface area (Å²) in [5.74, 6) is 0. The van der Waals surface area contributed by atoms with Crippen LogP contribution in [0.2, 0.25) is 0 Å². The SMILES string of the molecule is [B]c1ccc2c(c1)CCC2. The van der Waals surface area contributed by atoms with Crippen LogP contribution in [-0.4, -0.2) is 7.85 Å². The quantitative estimate of drug-likeness (QED) is 0.456. The van der Waals surface area contributed by atoms with E-state index in [0.717, 1.165) is 5.46 Å². The van der Waals surface area contributed by atoms with E-state index in [9.17, 15) is 0 Å². The molecule has 0 nitrogen and oxygen atoms in total. The number of benzene rings is 1. The lowest BCUT2D eigenvalue weighted by atomic mass is 9.93. The van der Waals surface area contributed by atoms with Crippen molar-refractivity contribution < 1.29 is 0 Å².